The van der Waals surface area contributed by atoms with Gasteiger partial charge in [-0.1, -0.05) is 25.5 Å². The molecule has 0 N–H and O–H groups in total. The van der Waals surface area contributed by atoms with E-state index in [9.17, 15) is 10.1 Å². The first-order chi connectivity index (χ1) is 12.4. The third-order valence-electron chi connectivity index (χ3n) is 9.83. The lowest BCUT2D eigenvalue weighted by molar-refractivity contribution is -0.118. The third-order valence-corrected chi connectivity index (χ3v) is 9.83. The molecule has 0 amide bonds. The van der Waals surface area contributed by atoms with Crippen LogP contribution in [-0.4, -0.2) is 5.78 Å². The Kier molecular flexibility index (Phi) is 3.31. The second-order valence-corrected chi connectivity index (χ2v) is 10.4. The fraction of sp³-hybridized carbons (Fsp3) is 0.750. The van der Waals surface area contributed by atoms with Gasteiger partial charge in [0.1, 0.15) is 0 Å². The van der Waals surface area contributed by atoms with E-state index < -0.39 is 0 Å². The van der Waals surface area contributed by atoms with Crippen LogP contribution >= 0.6 is 0 Å². The number of hydrogen-bond acceptors (Lipinski definition) is 2. The predicted octanol–water partition coefficient (Wildman–Crippen LogP) is 5.46. The summed E-state index contributed by atoms with van der Waals surface area (Å²) in [5.74, 6) is 3.90. The van der Waals surface area contributed by atoms with Crippen molar-refractivity contribution in [1.29, 1.82) is 5.26 Å². The van der Waals surface area contributed by atoms with Crippen LogP contribution in [0.3, 0.4) is 0 Å². The van der Waals surface area contributed by atoms with Crippen molar-refractivity contribution in [1.82, 2.24) is 0 Å². The number of fused-ring (bicyclic) bond motifs is 7. The topological polar surface area (TPSA) is 40.9 Å². The summed E-state index contributed by atoms with van der Waals surface area (Å²) in [6, 6.07) is 2.85. The van der Waals surface area contributed by atoms with E-state index in [0.29, 0.717) is 23.5 Å². The first-order valence-electron chi connectivity index (χ1n) is 10.7. The summed E-state index contributed by atoms with van der Waals surface area (Å²) in [7, 11) is 0. The van der Waals surface area contributed by atoms with Crippen LogP contribution in [0.5, 0.6) is 0 Å². The van der Waals surface area contributed by atoms with Gasteiger partial charge in [0.2, 0.25) is 0 Å². The monoisotopic (exact) mass is 349 g/mol. The fourth-order valence-electron chi connectivity index (χ4n) is 8.59. The van der Waals surface area contributed by atoms with Crippen molar-refractivity contribution in [3.63, 3.8) is 0 Å². The van der Waals surface area contributed by atoms with Crippen LogP contribution in [0.2, 0.25) is 0 Å². The van der Waals surface area contributed by atoms with Gasteiger partial charge in [0.15, 0.2) is 5.78 Å². The maximum Gasteiger partial charge on any atom is 0.155 e. The Morgan fingerprint density at radius 1 is 1.23 bits per heavy atom. The van der Waals surface area contributed by atoms with Crippen LogP contribution in [0.15, 0.2) is 24.3 Å². The molecule has 2 nitrogen and oxygen atoms in total. The zero-order valence-corrected chi connectivity index (χ0v) is 16.3. The number of carbonyl (C=O) groups excluding carboxylic acids is 1. The molecule has 8 atom stereocenters. The Morgan fingerprint density at radius 3 is 2.77 bits per heavy atom. The van der Waals surface area contributed by atoms with Crippen molar-refractivity contribution in [2.24, 2.45) is 45.8 Å². The van der Waals surface area contributed by atoms with Crippen LogP contribution in [0, 0.1) is 57.2 Å². The van der Waals surface area contributed by atoms with E-state index in [2.05, 4.69) is 26.5 Å². The predicted molar refractivity (Wildman–Crippen MR) is 102 cm³/mol. The highest BCUT2D eigenvalue weighted by Gasteiger charge is 2.76. The second-order valence-electron chi connectivity index (χ2n) is 10.4. The lowest BCUT2D eigenvalue weighted by Crippen LogP contribution is -2.54. The molecule has 5 aliphatic carbocycles. The zero-order chi connectivity index (χ0) is 18.3. The van der Waals surface area contributed by atoms with Gasteiger partial charge in [0, 0.05) is 6.42 Å². The van der Waals surface area contributed by atoms with Gasteiger partial charge in [-0.25, -0.2) is 0 Å². The average molecular weight is 350 g/mol. The molecule has 0 radical (unpaired) electrons. The molecule has 5 unspecified atom stereocenters. The summed E-state index contributed by atoms with van der Waals surface area (Å²) in [6.07, 6.45) is 12.7. The molecule has 0 aliphatic heterocycles. The smallest absolute Gasteiger partial charge is 0.155 e. The van der Waals surface area contributed by atoms with Crippen molar-refractivity contribution in [2.75, 3.05) is 0 Å². The first-order valence-corrected chi connectivity index (χ1v) is 10.7. The van der Waals surface area contributed by atoms with Crippen LogP contribution in [0.25, 0.3) is 0 Å². The van der Waals surface area contributed by atoms with Gasteiger partial charge in [-0.15, -0.1) is 6.58 Å². The third kappa shape index (κ3) is 1.76. The largest absolute Gasteiger partial charge is 0.295 e. The van der Waals surface area contributed by atoms with E-state index in [4.69, 9.17) is 0 Å². The summed E-state index contributed by atoms with van der Waals surface area (Å²) in [5, 5.41) is 10.3. The second kappa shape index (κ2) is 5.12. The van der Waals surface area contributed by atoms with E-state index in [1.807, 2.05) is 12.2 Å². The number of rotatable bonds is 2. The van der Waals surface area contributed by atoms with Gasteiger partial charge in [-0.05, 0) is 91.4 Å². The van der Waals surface area contributed by atoms with Crippen LogP contribution < -0.4 is 0 Å². The normalized spacial score (nSPS) is 54.1. The molecular formula is C24H31NO. The number of ketones is 1. The highest BCUT2D eigenvalue weighted by Crippen LogP contribution is 2.80. The minimum absolute atomic E-state index is 0.159. The number of hydrogen-bond donors (Lipinski definition) is 0. The Bertz CT molecular complexity index is 759. The summed E-state index contributed by atoms with van der Waals surface area (Å²) in [6.45, 7) is 8.90. The van der Waals surface area contributed by atoms with E-state index in [1.165, 1.54) is 31.3 Å². The number of nitriles is 1. The molecule has 0 spiro atoms. The SMILES string of the molecule is C=CC[C@]1(C#N)C2CC2C2C3CCC4=CC(=O)CC[C@]4(C)C3CC[C@@]21C. The van der Waals surface area contributed by atoms with Gasteiger partial charge in [0.25, 0.3) is 0 Å². The average Bonchev–Trinajstić information content (AvgIpc) is 3.36. The molecule has 0 aromatic heterocycles. The van der Waals surface area contributed by atoms with Crippen LogP contribution in [0.4, 0.5) is 0 Å². The molecule has 0 saturated heterocycles. The van der Waals surface area contributed by atoms with Crippen molar-refractivity contribution < 1.29 is 4.79 Å². The molecule has 2 heteroatoms. The minimum atomic E-state index is -0.172. The lowest BCUT2D eigenvalue weighted by atomic mass is 9.44. The number of allylic oxidation sites excluding steroid dienone is 2. The number of nitrogens with zero attached hydrogens (tertiary/aromatic N) is 1. The Balaban J connectivity index is 1.55. The van der Waals surface area contributed by atoms with Gasteiger partial charge >= 0.3 is 0 Å². The lowest BCUT2D eigenvalue weighted by Gasteiger charge is -2.60. The van der Waals surface area contributed by atoms with Crippen LogP contribution in [0.1, 0.15) is 65.2 Å². The van der Waals surface area contributed by atoms with Crippen molar-refractivity contribution >= 4 is 5.78 Å². The standard InChI is InChI=1S/C24H31NO/c1-4-9-24(14-25)20-13-18(20)21-17-6-5-15-12-16(26)7-10-22(15,2)19(17)8-11-23(21,24)3/h4,12,17-21H,1,5-11,13H2,2-3H3/t17?,18?,19?,20?,21?,22-,23-,24-/m0/s1. The molecule has 0 bridgehead atoms. The molecule has 0 aromatic carbocycles. The van der Waals surface area contributed by atoms with Crippen molar-refractivity contribution in [3.8, 4) is 6.07 Å². The molecule has 138 valence electrons. The first kappa shape index (κ1) is 16.8. The van der Waals surface area contributed by atoms with Gasteiger partial charge < -0.3 is 0 Å². The van der Waals surface area contributed by atoms with Gasteiger partial charge in [-0.3, -0.25) is 4.79 Å². The minimum Gasteiger partial charge on any atom is -0.295 e. The van der Waals surface area contributed by atoms with E-state index in [0.717, 1.165) is 37.5 Å². The highest BCUT2D eigenvalue weighted by atomic mass is 16.1. The van der Waals surface area contributed by atoms with Gasteiger partial charge in [-0.2, -0.15) is 5.26 Å². The van der Waals surface area contributed by atoms with E-state index >= 15 is 0 Å². The molecule has 5 aliphatic rings. The van der Waals surface area contributed by atoms with Crippen molar-refractivity contribution in [2.45, 2.75) is 65.2 Å². The zero-order valence-electron chi connectivity index (χ0n) is 16.3. The Labute approximate surface area is 157 Å². The number of carbonyl (C=O) groups is 1. The molecule has 0 heterocycles. The summed E-state index contributed by atoms with van der Waals surface area (Å²) < 4.78 is 0. The van der Waals surface area contributed by atoms with E-state index in [-0.39, 0.29) is 16.2 Å². The maximum absolute atomic E-state index is 12.0. The van der Waals surface area contributed by atoms with E-state index in [1.54, 1.807) is 0 Å². The molecule has 26 heavy (non-hydrogen) atoms. The summed E-state index contributed by atoms with van der Waals surface area (Å²) in [5.41, 5.74) is 1.67. The molecular weight excluding hydrogens is 318 g/mol. The summed E-state index contributed by atoms with van der Waals surface area (Å²) in [4.78, 5) is 12.0. The summed E-state index contributed by atoms with van der Waals surface area (Å²) >= 11 is 0. The highest BCUT2D eigenvalue weighted by molar-refractivity contribution is 5.91. The van der Waals surface area contributed by atoms with Gasteiger partial charge in [0.05, 0.1) is 11.5 Å². The molecule has 4 saturated carbocycles. The fourth-order valence-corrected chi connectivity index (χ4v) is 8.59. The van der Waals surface area contributed by atoms with Crippen molar-refractivity contribution in [3.05, 3.63) is 24.3 Å². The Hall–Kier alpha value is -1.36. The molecule has 5 rings (SSSR count). The molecule has 0 aromatic rings. The maximum atomic E-state index is 12.0. The Morgan fingerprint density at radius 2 is 2.04 bits per heavy atom. The quantitative estimate of drug-likeness (QED) is 0.621. The van der Waals surface area contributed by atoms with Crippen LogP contribution in [-0.2, 0) is 4.79 Å². The molecule has 4 fully saturated rings.